The van der Waals surface area contributed by atoms with Crippen molar-refractivity contribution in [2.24, 2.45) is 0 Å². The van der Waals surface area contributed by atoms with Gasteiger partial charge in [0.1, 0.15) is 17.1 Å². The zero-order valence-corrected chi connectivity index (χ0v) is 12.4. The minimum atomic E-state index is -1.18. The molecule has 0 saturated heterocycles. The molecule has 0 saturated carbocycles. The van der Waals surface area contributed by atoms with Gasteiger partial charge in [-0.25, -0.2) is 14.2 Å². The van der Waals surface area contributed by atoms with Crippen molar-refractivity contribution in [3.05, 3.63) is 50.8 Å². The minimum Gasteiger partial charge on any atom is -0.477 e. The highest BCUT2D eigenvalue weighted by molar-refractivity contribution is 9.10. The fraction of sp³-hybridized carbons (Fsp3) is 0. The number of carbonyl (C=O) groups is 1. The number of aromatic nitrogens is 1. The van der Waals surface area contributed by atoms with E-state index in [4.69, 9.17) is 9.84 Å². The van der Waals surface area contributed by atoms with E-state index >= 15 is 0 Å². The molecule has 4 nitrogen and oxygen atoms in total. The number of aromatic carboxylic acids is 1. The molecule has 0 fully saturated rings. The summed E-state index contributed by atoms with van der Waals surface area (Å²) in [5, 5.41) is 9.05. The SMILES string of the molecule is O=C(O)c1cc(Br)cnc1Oc1cc(F)cc(Br)c1. The van der Waals surface area contributed by atoms with E-state index in [1.54, 1.807) is 0 Å². The second-order valence-electron chi connectivity index (χ2n) is 3.52. The molecule has 0 aliphatic heterocycles. The normalized spacial score (nSPS) is 10.3. The second kappa shape index (κ2) is 5.66. The molecule has 1 aromatic carbocycles. The van der Waals surface area contributed by atoms with E-state index in [0.29, 0.717) is 8.95 Å². The Bertz CT molecular complexity index is 629. The number of halogens is 3. The average molecular weight is 391 g/mol. The highest BCUT2D eigenvalue weighted by Crippen LogP contribution is 2.28. The summed E-state index contributed by atoms with van der Waals surface area (Å²) in [5.41, 5.74) is -0.116. The van der Waals surface area contributed by atoms with Crippen LogP contribution in [0.2, 0.25) is 0 Å². The molecule has 0 spiro atoms. The maximum atomic E-state index is 13.2. The Kier molecular flexibility index (Phi) is 4.16. The molecule has 19 heavy (non-hydrogen) atoms. The van der Waals surface area contributed by atoms with Crippen LogP contribution >= 0.6 is 31.9 Å². The zero-order valence-electron chi connectivity index (χ0n) is 9.23. The molecular formula is C12H6Br2FNO3. The molecule has 2 rings (SSSR count). The number of ether oxygens (including phenoxy) is 1. The highest BCUT2D eigenvalue weighted by Gasteiger charge is 2.15. The van der Waals surface area contributed by atoms with E-state index in [1.807, 2.05) is 0 Å². The first-order valence-electron chi connectivity index (χ1n) is 4.98. The first-order valence-corrected chi connectivity index (χ1v) is 6.57. The predicted octanol–water partition coefficient (Wildman–Crippen LogP) is 4.24. The predicted molar refractivity (Wildman–Crippen MR) is 73.1 cm³/mol. The van der Waals surface area contributed by atoms with Gasteiger partial charge in [-0.05, 0) is 34.1 Å². The number of nitrogens with zero attached hydrogens (tertiary/aromatic N) is 1. The number of hydrogen-bond acceptors (Lipinski definition) is 3. The summed E-state index contributed by atoms with van der Waals surface area (Å²) >= 11 is 6.25. The molecule has 0 radical (unpaired) electrons. The fourth-order valence-electron chi connectivity index (χ4n) is 1.36. The van der Waals surface area contributed by atoms with Crippen LogP contribution in [0.1, 0.15) is 10.4 Å². The lowest BCUT2D eigenvalue weighted by Crippen LogP contribution is -2.02. The largest absolute Gasteiger partial charge is 0.477 e. The van der Waals surface area contributed by atoms with Crippen molar-refractivity contribution < 1.29 is 19.0 Å². The fourth-order valence-corrected chi connectivity index (χ4v) is 2.14. The summed E-state index contributed by atoms with van der Waals surface area (Å²) in [6, 6.07) is 5.28. The van der Waals surface area contributed by atoms with E-state index < -0.39 is 11.8 Å². The minimum absolute atomic E-state index is 0.104. The summed E-state index contributed by atoms with van der Waals surface area (Å²) in [7, 11) is 0. The third-order valence-electron chi connectivity index (χ3n) is 2.10. The number of benzene rings is 1. The molecule has 0 aliphatic rings. The first-order chi connectivity index (χ1) is 8.95. The molecule has 0 unspecified atom stereocenters. The number of carboxylic acids is 1. The highest BCUT2D eigenvalue weighted by atomic mass is 79.9. The van der Waals surface area contributed by atoms with Gasteiger partial charge in [-0.3, -0.25) is 0 Å². The van der Waals surface area contributed by atoms with E-state index in [1.165, 1.54) is 24.4 Å². The molecule has 1 aromatic heterocycles. The zero-order chi connectivity index (χ0) is 14.0. The van der Waals surface area contributed by atoms with Crippen molar-refractivity contribution in [1.82, 2.24) is 4.98 Å². The van der Waals surface area contributed by atoms with Crippen molar-refractivity contribution >= 4 is 37.8 Å². The monoisotopic (exact) mass is 389 g/mol. The lowest BCUT2D eigenvalue weighted by Gasteiger charge is -2.08. The van der Waals surface area contributed by atoms with Gasteiger partial charge in [-0.1, -0.05) is 15.9 Å². The number of hydrogen-bond donors (Lipinski definition) is 1. The van der Waals surface area contributed by atoms with Gasteiger partial charge >= 0.3 is 5.97 Å². The maximum absolute atomic E-state index is 13.2. The summed E-state index contributed by atoms with van der Waals surface area (Å²) in [4.78, 5) is 14.9. The van der Waals surface area contributed by atoms with Crippen LogP contribution in [-0.4, -0.2) is 16.1 Å². The van der Waals surface area contributed by atoms with Gasteiger partial charge in [0.05, 0.1) is 0 Å². The van der Waals surface area contributed by atoms with Gasteiger partial charge in [0.2, 0.25) is 5.88 Å². The molecule has 0 aliphatic carbocycles. The third-order valence-corrected chi connectivity index (χ3v) is 2.99. The van der Waals surface area contributed by atoms with Gasteiger partial charge in [-0.15, -0.1) is 0 Å². The average Bonchev–Trinajstić information content (AvgIpc) is 2.30. The van der Waals surface area contributed by atoms with Crippen LogP contribution in [0, 0.1) is 5.82 Å². The van der Waals surface area contributed by atoms with Gasteiger partial charge in [0, 0.05) is 21.2 Å². The topological polar surface area (TPSA) is 59.4 Å². The van der Waals surface area contributed by atoms with Crippen LogP contribution in [0.5, 0.6) is 11.6 Å². The Morgan fingerprint density at radius 2 is 1.95 bits per heavy atom. The number of pyridine rings is 1. The Balaban J connectivity index is 2.40. The van der Waals surface area contributed by atoms with E-state index in [9.17, 15) is 9.18 Å². The molecule has 1 heterocycles. The maximum Gasteiger partial charge on any atom is 0.341 e. The van der Waals surface area contributed by atoms with Gasteiger partial charge in [0.25, 0.3) is 0 Å². The van der Waals surface area contributed by atoms with Gasteiger partial charge < -0.3 is 9.84 Å². The van der Waals surface area contributed by atoms with Gasteiger partial charge in [-0.2, -0.15) is 0 Å². The van der Waals surface area contributed by atoms with Crippen molar-refractivity contribution in [2.75, 3.05) is 0 Å². The standard InChI is InChI=1S/C12H6Br2FNO3/c13-6-1-8(15)4-9(2-6)19-11-10(12(17)18)3-7(14)5-16-11/h1-5H,(H,17,18). The summed E-state index contributed by atoms with van der Waals surface area (Å²) in [5.74, 6) is -1.63. The van der Waals surface area contributed by atoms with E-state index in [2.05, 4.69) is 36.8 Å². The van der Waals surface area contributed by atoms with Crippen molar-refractivity contribution in [3.8, 4) is 11.6 Å². The Morgan fingerprint density at radius 1 is 1.21 bits per heavy atom. The van der Waals surface area contributed by atoms with Crippen LogP contribution in [0.3, 0.4) is 0 Å². The molecule has 2 aromatic rings. The first kappa shape index (κ1) is 14.0. The van der Waals surface area contributed by atoms with E-state index in [0.717, 1.165) is 6.07 Å². The summed E-state index contributed by atoms with van der Waals surface area (Å²) < 4.78 is 19.5. The number of carboxylic acid groups (broad SMARTS) is 1. The van der Waals surface area contributed by atoms with Crippen LogP contribution in [-0.2, 0) is 0 Å². The van der Waals surface area contributed by atoms with Crippen molar-refractivity contribution in [3.63, 3.8) is 0 Å². The van der Waals surface area contributed by atoms with Crippen LogP contribution in [0.15, 0.2) is 39.4 Å². The molecular weight excluding hydrogens is 385 g/mol. The summed E-state index contributed by atoms with van der Waals surface area (Å²) in [6.07, 6.45) is 1.40. The molecule has 98 valence electrons. The van der Waals surface area contributed by atoms with Crippen molar-refractivity contribution in [2.45, 2.75) is 0 Å². The smallest absolute Gasteiger partial charge is 0.341 e. The lowest BCUT2D eigenvalue weighted by atomic mass is 10.3. The Morgan fingerprint density at radius 3 is 2.58 bits per heavy atom. The van der Waals surface area contributed by atoms with Crippen LogP contribution < -0.4 is 4.74 Å². The van der Waals surface area contributed by atoms with Crippen LogP contribution in [0.4, 0.5) is 4.39 Å². The molecule has 0 atom stereocenters. The van der Waals surface area contributed by atoms with Crippen molar-refractivity contribution in [1.29, 1.82) is 0 Å². The number of rotatable bonds is 3. The Hall–Kier alpha value is -1.47. The molecule has 0 amide bonds. The molecule has 1 N–H and O–H groups in total. The van der Waals surface area contributed by atoms with Crippen LogP contribution in [0.25, 0.3) is 0 Å². The molecule has 0 bridgehead atoms. The van der Waals surface area contributed by atoms with E-state index in [-0.39, 0.29) is 17.2 Å². The second-order valence-corrected chi connectivity index (χ2v) is 5.35. The summed E-state index contributed by atoms with van der Waals surface area (Å²) in [6.45, 7) is 0. The quantitative estimate of drug-likeness (QED) is 0.851. The molecule has 7 heteroatoms. The Labute approximate surface area is 124 Å². The third kappa shape index (κ3) is 3.51. The van der Waals surface area contributed by atoms with Gasteiger partial charge in [0.15, 0.2) is 0 Å². The lowest BCUT2D eigenvalue weighted by molar-refractivity contribution is 0.0693.